The summed E-state index contributed by atoms with van der Waals surface area (Å²) in [5.41, 5.74) is 0. The lowest BCUT2D eigenvalue weighted by Crippen LogP contribution is -1.91. The van der Waals surface area contributed by atoms with E-state index in [9.17, 15) is 13.6 Å². The molecule has 0 aliphatic carbocycles. The first-order valence-corrected chi connectivity index (χ1v) is 5.69. The summed E-state index contributed by atoms with van der Waals surface area (Å²) in [5, 5.41) is 8.46. The third kappa shape index (κ3) is 2.57. The van der Waals surface area contributed by atoms with Gasteiger partial charge in [-0.3, -0.25) is 0 Å². The van der Waals surface area contributed by atoms with Gasteiger partial charge in [0.05, 0.1) is 0 Å². The summed E-state index contributed by atoms with van der Waals surface area (Å²) >= 11 is 6.26. The van der Waals surface area contributed by atoms with Crippen LogP contribution in [-0.4, -0.2) is 16.1 Å². The van der Waals surface area contributed by atoms with Crippen molar-refractivity contribution in [2.24, 2.45) is 0 Å². The van der Waals surface area contributed by atoms with Crippen LogP contribution in [0.15, 0.2) is 18.2 Å². The van der Waals surface area contributed by atoms with Gasteiger partial charge in [-0.1, -0.05) is 22.9 Å². The summed E-state index contributed by atoms with van der Waals surface area (Å²) in [7, 11) is 0. The molecule has 1 aromatic carbocycles. The van der Waals surface area contributed by atoms with Crippen molar-refractivity contribution < 1.29 is 23.4 Å². The molecule has 0 amide bonds. The minimum absolute atomic E-state index is 0.00347. The van der Waals surface area contributed by atoms with E-state index in [0.29, 0.717) is 11.3 Å². The number of aromatic carboxylic acids is 1. The number of nitrogens with zero attached hydrogens (tertiary/aromatic N) is 1. The Morgan fingerprint density at radius 1 is 1.39 bits per heavy atom. The average Bonchev–Trinajstić information content (AvgIpc) is 2.65. The highest BCUT2D eigenvalue weighted by Gasteiger charge is 2.17. The smallest absolute Gasteiger partial charge is 0.349 e. The number of hydrogen-bond acceptors (Lipinski definition) is 4. The van der Waals surface area contributed by atoms with Crippen molar-refractivity contribution in [3.05, 3.63) is 39.9 Å². The Morgan fingerprint density at radius 2 is 2.11 bits per heavy atom. The Kier molecular flexibility index (Phi) is 3.44. The first-order chi connectivity index (χ1) is 8.47. The largest absolute Gasteiger partial charge is 0.477 e. The minimum Gasteiger partial charge on any atom is -0.477 e. The molecule has 4 nitrogen and oxygen atoms in total. The lowest BCUT2D eigenvalue weighted by Gasteiger charge is -2.01. The van der Waals surface area contributed by atoms with E-state index in [2.05, 4.69) is 4.98 Å². The van der Waals surface area contributed by atoms with E-state index in [0.717, 1.165) is 12.1 Å². The number of halogens is 3. The predicted octanol–water partition coefficient (Wildman–Crippen LogP) is 3.57. The van der Waals surface area contributed by atoms with Gasteiger partial charge >= 0.3 is 5.97 Å². The number of hydrogen-bond donors (Lipinski definition) is 1. The standard InChI is InChI=1S/C10H4ClF2NO3S/c11-8-7(9(15)16)18-10(14-8)17-4-1-2-5(12)6(13)3-4/h1-3H,(H,15,16). The highest BCUT2D eigenvalue weighted by molar-refractivity contribution is 7.15. The van der Waals surface area contributed by atoms with Gasteiger partial charge in [-0.15, -0.1) is 0 Å². The Bertz CT molecular complexity index is 617. The maximum atomic E-state index is 12.9. The van der Waals surface area contributed by atoms with E-state index in [1.54, 1.807) is 0 Å². The summed E-state index contributed by atoms with van der Waals surface area (Å²) in [5.74, 6) is -3.33. The van der Waals surface area contributed by atoms with Gasteiger partial charge < -0.3 is 9.84 Å². The molecule has 0 aliphatic heterocycles. The number of carboxylic acid groups (broad SMARTS) is 1. The van der Waals surface area contributed by atoms with E-state index in [1.807, 2.05) is 0 Å². The van der Waals surface area contributed by atoms with Crippen molar-refractivity contribution in [3.63, 3.8) is 0 Å². The molecular weight excluding hydrogens is 288 g/mol. The quantitative estimate of drug-likeness (QED) is 0.939. The molecule has 2 aromatic rings. The van der Waals surface area contributed by atoms with E-state index in [-0.39, 0.29) is 21.0 Å². The Balaban J connectivity index is 2.26. The molecule has 94 valence electrons. The second kappa shape index (κ2) is 4.87. The van der Waals surface area contributed by atoms with Gasteiger partial charge in [0.1, 0.15) is 5.75 Å². The normalized spacial score (nSPS) is 10.4. The average molecular weight is 292 g/mol. The van der Waals surface area contributed by atoms with Crippen LogP contribution in [0, 0.1) is 11.6 Å². The van der Waals surface area contributed by atoms with Crippen LogP contribution < -0.4 is 4.74 Å². The molecule has 8 heteroatoms. The maximum Gasteiger partial charge on any atom is 0.349 e. The monoisotopic (exact) mass is 291 g/mol. The molecule has 0 bridgehead atoms. The van der Waals surface area contributed by atoms with E-state index in [4.69, 9.17) is 21.4 Å². The third-order valence-corrected chi connectivity index (χ3v) is 3.16. The number of ether oxygens (including phenoxy) is 1. The fourth-order valence-corrected chi connectivity index (χ4v) is 2.09. The summed E-state index contributed by atoms with van der Waals surface area (Å²) in [6, 6.07) is 2.90. The topological polar surface area (TPSA) is 59.4 Å². The van der Waals surface area contributed by atoms with Gasteiger partial charge in [0.25, 0.3) is 5.19 Å². The van der Waals surface area contributed by atoms with Gasteiger partial charge in [-0.05, 0) is 12.1 Å². The van der Waals surface area contributed by atoms with Crippen LogP contribution in [0.1, 0.15) is 9.67 Å². The van der Waals surface area contributed by atoms with Gasteiger partial charge in [0.2, 0.25) is 0 Å². The third-order valence-electron chi connectivity index (χ3n) is 1.86. The van der Waals surface area contributed by atoms with Crippen LogP contribution in [0.5, 0.6) is 10.9 Å². The lowest BCUT2D eigenvalue weighted by atomic mass is 10.3. The summed E-state index contributed by atoms with van der Waals surface area (Å²) < 4.78 is 30.7. The number of benzene rings is 1. The van der Waals surface area contributed by atoms with Crippen molar-refractivity contribution in [2.75, 3.05) is 0 Å². The zero-order valence-electron chi connectivity index (χ0n) is 8.49. The van der Waals surface area contributed by atoms with Gasteiger partial charge in [0, 0.05) is 6.07 Å². The van der Waals surface area contributed by atoms with Crippen LogP contribution in [-0.2, 0) is 0 Å². The number of aromatic nitrogens is 1. The zero-order chi connectivity index (χ0) is 13.3. The molecule has 1 aromatic heterocycles. The molecule has 0 fully saturated rings. The Labute approximate surface area is 108 Å². The van der Waals surface area contributed by atoms with Crippen molar-refractivity contribution in [2.45, 2.75) is 0 Å². The molecule has 0 saturated carbocycles. The van der Waals surface area contributed by atoms with Crippen LogP contribution in [0.2, 0.25) is 5.15 Å². The highest BCUT2D eigenvalue weighted by Crippen LogP contribution is 2.32. The van der Waals surface area contributed by atoms with E-state index in [1.165, 1.54) is 6.07 Å². The minimum atomic E-state index is -1.24. The molecule has 0 aliphatic rings. The maximum absolute atomic E-state index is 12.9. The summed E-state index contributed by atoms with van der Waals surface area (Å²) in [6.07, 6.45) is 0. The summed E-state index contributed by atoms with van der Waals surface area (Å²) in [6.45, 7) is 0. The fraction of sp³-hybridized carbons (Fsp3) is 0. The van der Waals surface area contributed by atoms with Crippen LogP contribution >= 0.6 is 22.9 Å². The Morgan fingerprint density at radius 3 is 2.67 bits per heavy atom. The van der Waals surface area contributed by atoms with Gasteiger partial charge in [-0.25, -0.2) is 13.6 Å². The predicted molar refractivity (Wildman–Crippen MR) is 60.5 cm³/mol. The molecular formula is C10H4ClF2NO3S. The summed E-state index contributed by atoms with van der Waals surface area (Å²) in [4.78, 5) is 14.2. The molecule has 1 N–H and O–H groups in total. The van der Waals surface area contributed by atoms with E-state index < -0.39 is 17.6 Å². The lowest BCUT2D eigenvalue weighted by molar-refractivity contribution is 0.0702. The first-order valence-electron chi connectivity index (χ1n) is 4.50. The molecule has 18 heavy (non-hydrogen) atoms. The van der Waals surface area contributed by atoms with Crippen molar-refractivity contribution in [3.8, 4) is 10.9 Å². The van der Waals surface area contributed by atoms with Gasteiger partial charge in [0.15, 0.2) is 21.7 Å². The van der Waals surface area contributed by atoms with Crippen LogP contribution in [0.3, 0.4) is 0 Å². The number of carboxylic acids is 1. The molecule has 0 spiro atoms. The van der Waals surface area contributed by atoms with Crippen LogP contribution in [0.25, 0.3) is 0 Å². The van der Waals surface area contributed by atoms with Gasteiger partial charge in [-0.2, -0.15) is 4.98 Å². The number of rotatable bonds is 3. The number of thiazole rings is 1. The zero-order valence-corrected chi connectivity index (χ0v) is 10.1. The van der Waals surface area contributed by atoms with E-state index >= 15 is 0 Å². The second-order valence-electron chi connectivity index (χ2n) is 3.08. The van der Waals surface area contributed by atoms with Crippen molar-refractivity contribution in [1.82, 2.24) is 4.98 Å². The molecule has 2 rings (SSSR count). The van der Waals surface area contributed by atoms with Crippen LogP contribution in [0.4, 0.5) is 8.78 Å². The molecule has 0 atom stereocenters. The molecule has 0 radical (unpaired) electrons. The molecule has 0 unspecified atom stereocenters. The molecule has 1 heterocycles. The Hall–Kier alpha value is -1.73. The number of carbonyl (C=O) groups is 1. The SMILES string of the molecule is O=C(O)c1sc(Oc2ccc(F)c(F)c2)nc1Cl. The first kappa shape index (κ1) is 12.7. The van der Waals surface area contributed by atoms with Crippen molar-refractivity contribution >= 4 is 28.9 Å². The fourth-order valence-electron chi connectivity index (χ4n) is 1.10. The second-order valence-corrected chi connectivity index (χ2v) is 4.40. The highest BCUT2D eigenvalue weighted by atomic mass is 35.5. The molecule has 0 saturated heterocycles. The van der Waals surface area contributed by atoms with Crippen molar-refractivity contribution in [1.29, 1.82) is 0 Å².